The Morgan fingerprint density at radius 3 is 2.91 bits per heavy atom. The van der Waals surface area contributed by atoms with Crippen molar-refractivity contribution in [1.82, 2.24) is 20.4 Å². The molecule has 1 aliphatic heterocycles. The Morgan fingerprint density at radius 1 is 1.48 bits per heavy atom. The van der Waals surface area contributed by atoms with E-state index in [0.717, 1.165) is 18.7 Å². The molecule has 122 valence electrons. The summed E-state index contributed by atoms with van der Waals surface area (Å²) in [5.74, 6) is -0.185. The SMILES string of the molecule is CN1CCO[C@H]([C@H](NC(=O)c2cn[nH]c2)c2ccc(Cl)cc2)C1. The molecule has 0 unspecified atom stereocenters. The number of benzene rings is 1. The molecule has 1 aliphatic rings. The Hall–Kier alpha value is -1.89. The number of nitrogens with zero attached hydrogens (tertiary/aromatic N) is 2. The van der Waals surface area contributed by atoms with Crippen molar-refractivity contribution in [2.24, 2.45) is 0 Å². The van der Waals surface area contributed by atoms with Gasteiger partial charge in [-0.2, -0.15) is 5.10 Å². The molecule has 0 bridgehead atoms. The Labute approximate surface area is 139 Å². The number of hydrogen-bond acceptors (Lipinski definition) is 4. The first-order valence-electron chi connectivity index (χ1n) is 7.49. The zero-order valence-corrected chi connectivity index (χ0v) is 13.6. The van der Waals surface area contributed by atoms with Gasteiger partial charge in [0.05, 0.1) is 30.5 Å². The maximum Gasteiger partial charge on any atom is 0.255 e. The molecule has 2 aromatic rings. The third kappa shape index (κ3) is 3.90. The van der Waals surface area contributed by atoms with Crippen LogP contribution >= 0.6 is 11.6 Å². The van der Waals surface area contributed by atoms with Crippen molar-refractivity contribution in [2.45, 2.75) is 12.1 Å². The highest BCUT2D eigenvalue weighted by atomic mass is 35.5. The number of aromatic nitrogens is 2. The van der Waals surface area contributed by atoms with Gasteiger partial charge in [-0.3, -0.25) is 9.89 Å². The summed E-state index contributed by atoms with van der Waals surface area (Å²) in [6.45, 7) is 2.28. The zero-order chi connectivity index (χ0) is 16.2. The van der Waals surface area contributed by atoms with Gasteiger partial charge in [-0.05, 0) is 24.7 Å². The van der Waals surface area contributed by atoms with Crippen LogP contribution in [0.3, 0.4) is 0 Å². The number of morpholine rings is 1. The van der Waals surface area contributed by atoms with E-state index in [4.69, 9.17) is 16.3 Å². The molecule has 1 saturated heterocycles. The van der Waals surface area contributed by atoms with Gasteiger partial charge in [-0.15, -0.1) is 0 Å². The molecule has 7 heteroatoms. The number of hydrogen-bond donors (Lipinski definition) is 2. The van der Waals surface area contributed by atoms with Gasteiger partial charge in [0, 0.05) is 24.3 Å². The number of carbonyl (C=O) groups is 1. The van der Waals surface area contributed by atoms with Crippen LogP contribution in [0.25, 0.3) is 0 Å². The number of rotatable bonds is 4. The van der Waals surface area contributed by atoms with Gasteiger partial charge < -0.3 is 15.0 Å². The van der Waals surface area contributed by atoms with E-state index in [-0.39, 0.29) is 18.1 Å². The fraction of sp³-hybridized carbons (Fsp3) is 0.375. The van der Waals surface area contributed by atoms with Crippen molar-refractivity contribution in [3.63, 3.8) is 0 Å². The molecule has 2 N–H and O–H groups in total. The van der Waals surface area contributed by atoms with E-state index < -0.39 is 0 Å². The van der Waals surface area contributed by atoms with Crippen LogP contribution in [0.5, 0.6) is 0 Å². The number of aromatic amines is 1. The fourth-order valence-corrected chi connectivity index (χ4v) is 2.80. The number of ether oxygens (including phenoxy) is 1. The number of halogens is 1. The average Bonchev–Trinajstić information content (AvgIpc) is 3.08. The molecule has 1 aromatic heterocycles. The van der Waals surface area contributed by atoms with E-state index >= 15 is 0 Å². The largest absolute Gasteiger partial charge is 0.373 e. The lowest BCUT2D eigenvalue weighted by molar-refractivity contribution is -0.0380. The topological polar surface area (TPSA) is 70.2 Å². The monoisotopic (exact) mass is 334 g/mol. The first-order valence-corrected chi connectivity index (χ1v) is 7.86. The van der Waals surface area contributed by atoms with Crippen LogP contribution in [0.1, 0.15) is 22.0 Å². The highest BCUT2D eigenvalue weighted by Gasteiger charge is 2.29. The second-order valence-corrected chi connectivity index (χ2v) is 6.10. The van der Waals surface area contributed by atoms with Gasteiger partial charge in [0.15, 0.2) is 0 Å². The predicted molar refractivity (Wildman–Crippen MR) is 87.5 cm³/mol. The Balaban J connectivity index is 1.83. The van der Waals surface area contributed by atoms with Gasteiger partial charge in [0.1, 0.15) is 0 Å². The molecule has 0 radical (unpaired) electrons. The smallest absolute Gasteiger partial charge is 0.255 e. The lowest BCUT2D eigenvalue weighted by Crippen LogP contribution is -2.47. The van der Waals surface area contributed by atoms with Gasteiger partial charge in [0.25, 0.3) is 5.91 Å². The van der Waals surface area contributed by atoms with Crippen LogP contribution < -0.4 is 5.32 Å². The summed E-state index contributed by atoms with van der Waals surface area (Å²) in [6.07, 6.45) is 2.95. The highest BCUT2D eigenvalue weighted by molar-refractivity contribution is 6.30. The number of nitrogens with one attached hydrogen (secondary N) is 2. The quantitative estimate of drug-likeness (QED) is 0.895. The Morgan fingerprint density at radius 2 is 2.26 bits per heavy atom. The van der Waals surface area contributed by atoms with Gasteiger partial charge in [-0.25, -0.2) is 0 Å². The molecule has 2 atom stereocenters. The Kier molecular flexibility index (Phi) is 4.95. The molecule has 1 fully saturated rings. The molecule has 0 aliphatic carbocycles. The fourth-order valence-electron chi connectivity index (χ4n) is 2.67. The van der Waals surface area contributed by atoms with Crippen molar-refractivity contribution in [3.05, 3.63) is 52.8 Å². The van der Waals surface area contributed by atoms with E-state index in [2.05, 4.69) is 20.4 Å². The van der Waals surface area contributed by atoms with Crippen LogP contribution in [0.15, 0.2) is 36.7 Å². The first kappa shape index (κ1) is 16.0. The molecule has 0 saturated carbocycles. The number of amides is 1. The van der Waals surface area contributed by atoms with Crippen molar-refractivity contribution < 1.29 is 9.53 Å². The van der Waals surface area contributed by atoms with Crippen LogP contribution in [0.2, 0.25) is 5.02 Å². The minimum Gasteiger partial charge on any atom is -0.373 e. The molecule has 2 heterocycles. The van der Waals surface area contributed by atoms with Crippen LogP contribution in [-0.2, 0) is 4.74 Å². The molecular formula is C16H19ClN4O2. The summed E-state index contributed by atoms with van der Waals surface area (Å²) in [5.41, 5.74) is 1.46. The molecule has 1 amide bonds. The van der Waals surface area contributed by atoms with E-state index in [0.29, 0.717) is 17.2 Å². The molecule has 23 heavy (non-hydrogen) atoms. The maximum atomic E-state index is 12.4. The zero-order valence-electron chi connectivity index (χ0n) is 12.8. The Bertz CT molecular complexity index is 645. The van der Waals surface area contributed by atoms with Crippen molar-refractivity contribution in [2.75, 3.05) is 26.7 Å². The number of likely N-dealkylation sites (N-methyl/N-ethyl adjacent to an activating group) is 1. The third-order valence-electron chi connectivity index (χ3n) is 3.94. The second-order valence-electron chi connectivity index (χ2n) is 5.66. The number of carbonyl (C=O) groups excluding carboxylic acids is 1. The normalized spacial score (nSPS) is 20.2. The van der Waals surface area contributed by atoms with Crippen molar-refractivity contribution in [1.29, 1.82) is 0 Å². The summed E-state index contributed by atoms with van der Waals surface area (Å²) in [5, 5.41) is 10.2. The minimum atomic E-state index is -0.252. The van der Waals surface area contributed by atoms with Crippen molar-refractivity contribution >= 4 is 17.5 Å². The van der Waals surface area contributed by atoms with Gasteiger partial charge in [-0.1, -0.05) is 23.7 Å². The highest BCUT2D eigenvalue weighted by Crippen LogP contribution is 2.24. The molecule has 1 aromatic carbocycles. The minimum absolute atomic E-state index is 0.120. The molecule has 0 spiro atoms. The maximum absolute atomic E-state index is 12.4. The van der Waals surface area contributed by atoms with Crippen LogP contribution in [-0.4, -0.2) is 53.9 Å². The van der Waals surface area contributed by atoms with Crippen molar-refractivity contribution in [3.8, 4) is 0 Å². The van der Waals surface area contributed by atoms with E-state index in [1.807, 2.05) is 31.3 Å². The third-order valence-corrected chi connectivity index (χ3v) is 4.20. The van der Waals surface area contributed by atoms with E-state index in [9.17, 15) is 4.79 Å². The van der Waals surface area contributed by atoms with Gasteiger partial charge >= 0.3 is 0 Å². The number of H-pyrrole nitrogens is 1. The van der Waals surface area contributed by atoms with Crippen LogP contribution in [0.4, 0.5) is 0 Å². The average molecular weight is 335 g/mol. The lowest BCUT2D eigenvalue weighted by Gasteiger charge is -2.35. The van der Waals surface area contributed by atoms with E-state index in [1.54, 1.807) is 6.20 Å². The summed E-state index contributed by atoms with van der Waals surface area (Å²) in [7, 11) is 2.05. The summed E-state index contributed by atoms with van der Waals surface area (Å²) >= 11 is 5.97. The second kappa shape index (κ2) is 7.12. The molecule has 6 nitrogen and oxygen atoms in total. The van der Waals surface area contributed by atoms with Crippen LogP contribution in [0, 0.1) is 0 Å². The standard InChI is InChI=1S/C16H19ClN4O2/c1-21-6-7-23-14(10-21)15(11-2-4-13(17)5-3-11)20-16(22)12-8-18-19-9-12/h2-5,8-9,14-15H,6-7,10H2,1H3,(H,18,19)(H,20,22)/t14-,15+/m0/s1. The predicted octanol–water partition coefficient (Wildman–Crippen LogP) is 1.86. The lowest BCUT2D eigenvalue weighted by atomic mass is 9.99. The van der Waals surface area contributed by atoms with E-state index in [1.165, 1.54) is 6.20 Å². The van der Waals surface area contributed by atoms with Gasteiger partial charge in [0.2, 0.25) is 0 Å². The summed E-state index contributed by atoms with van der Waals surface area (Å²) in [6, 6.07) is 7.22. The summed E-state index contributed by atoms with van der Waals surface area (Å²) in [4.78, 5) is 14.6. The summed E-state index contributed by atoms with van der Waals surface area (Å²) < 4.78 is 5.90. The molecule has 3 rings (SSSR count). The first-order chi connectivity index (χ1) is 11.1. The molecular weight excluding hydrogens is 316 g/mol.